The van der Waals surface area contributed by atoms with Crippen molar-refractivity contribution in [3.63, 3.8) is 0 Å². The molecule has 0 aromatic carbocycles. The summed E-state index contributed by atoms with van der Waals surface area (Å²) in [6, 6.07) is 0.126. The van der Waals surface area contributed by atoms with Gasteiger partial charge in [-0.05, 0) is 74.0 Å². The molecule has 4 heterocycles. The first kappa shape index (κ1) is 37.2. The van der Waals surface area contributed by atoms with E-state index in [1.807, 2.05) is 9.47 Å². The van der Waals surface area contributed by atoms with Crippen molar-refractivity contribution in [2.24, 2.45) is 39.7 Å². The van der Waals surface area contributed by atoms with Crippen LogP contribution >= 0.6 is 0 Å². The molecule has 3 aliphatic carbocycles. The van der Waals surface area contributed by atoms with Gasteiger partial charge in [0.2, 0.25) is 5.91 Å². The largest absolute Gasteiger partial charge is 0.460 e. The number of aliphatic hydroxyl groups excluding tert-OH is 1. The van der Waals surface area contributed by atoms with Crippen LogP contribution in [0.25, 0.3) is 11.2 Å². The predicted octanol–water partition coefficient (Wildman–Crippen LogP) is 3.89. The molecular formula is C39H59N7O6. The monoisotopic (exact) mass is 721 g/mol. The van der Waals surface area contributed by atoms with Crippen LogP contribution in [0.1, 0.15) is 98.8 Å². The molecule has 286 valence electrons. The highest BCUT2D eigenvalue weighted by atomic mass is 16.6. The van der Waals surface area contributed by atoms with Gasteiger partial charge in [-0.2, -0.15) is 0 Å². The number of aryl methyl sites for hydroxylation is 1. The minimum atomic E-state index is -0.588. The van der Waals surface area contributed by atoms with Crippen molar-refractivity contribution in [3.05, 3.63) is 12.7 Å². The number of esters is 1. The molecule has 2 saturated heterocycles. The Bertz CT molecular complexity index is 1660. The standard InChI is InChI=1S/C39H59N7O6/c1-6-37(4)19-29(38(5)24(2)7-13-39(25(3)34(37)50)14-8-28(47)33(38)39)52-31(49)21-51-27-10-16-44(17-11-27)30(48)12-18-46-23-43-32-35(41-22-42-36(32)46)45-15-9-26(40)20-45/h22-27,29,33-34,50H,6-21,40H2,1-5H3/t24-,25+,26?,29-,33-,34+,37-,38+,39+/m1/s1. The highest BCUT2D eigenvalue weighted by Crippen LogP contribution is 2.68. The third-order valence-electron chi connectivity index (χ3n) is 14.7. The number of hydrogen-bond donors (Lipinski definition) is 2. The molecule has 3 saturated carbocycles. The molecule has 2 bridgehead atoms. The minimum absolute atomic E-state index is 0.00742. The van der Waals surface area contributed by atoms with E-state index in [0.29, 0.717) is 57.4 Å². The van der Waals surface area contributed by atoms with Gasteiger partial charge in [0.1, 0.15) is 24.8 Å². The molecule has 2 aromatic rings. The minimum Gasteiger partial charge on any atom is -0.460 e. The van der Waals surface area contributed by atoms with Crippen molar-refractivity contribution in [1.82, 2.24) is 24.4 Å². The number of aliphatic hydroxyl groups is 1. The van der Waals surface area contributed by atoms with Gasteiger partial charge >= 0.3 is 5.97 Å². The van der Waals surface area contributed by atoms with Gasteiger partial charge in [-0.3, -0.25) is 9.59 Å². The molecule has 7 rings (SSSR count). The maximum absolute atomic E-state index is 13.7. The lowest BCUT2D eigenvalue weighted by molar-refractivity contribution is -0.214. The van der Waals surface area contributed by atoms with E-state index >= 15 is 0 Å². The SMILES string of the molecule is CC[C@]1(C)C[C@@H](OC(=O)COC2CCN(C(=O)CCn3cnc4c(N5CCC(N)C5)ncnc43)CC2)[C@]2(C)[C@H](C)CC[C@]3(CCC(=O)[C@@H]32)[C@@H](C)[C@@H]1O. The van der Waals surface area contributed by atoms with Gasteiger partial charge in [0, 0.05) is 62.9 Å². The van der Waals surface area contributed by atoms with Gasteiger partial charge in [-0.15, -0.1) is 0 Å². The number of Topliss-reactive ketones (excluding diaryl/α,β-unsaturated/α-hetero) is 1. The molecule has 0 radical (unpaired) electrons. The first-order valence-corrected chi connectivity index (χ1v) is 19.8. The first-order chi connectivity index (χ1) is 24.8. The number of rotatable bonds is 9. The Kier molecular flexibility index (Phi) is 10.2. The van der Waals surface area contributed by atoms with Crippen LogP contribution in [0.15, 0.2) is 12.7 Å². The van der Waals surface area contributed by atoms with E-state index < -0.39 is 29.0 Å². The number of carbonyl (C=O) groups excluding carboxylic acids is 3. The second-order valence-electron chi connectivity index (χ2n) is 17.3. The van der Waals surface area contributed by atoms with Crippen LogP contribution in [0, 0.1) is 34.0 Å². The summed E-state index contributed by atoms with van der Waals surface area (Å²) in [7, 11) is 0. The number of nitrogens with two attached hydrogens (primary N) is 1. The number of carbonyl (C=O) groups is 3. The van der Waals surface area contributed by atoms with Crippen molar-refractivity contribution in [2.75, 3.05) is 37.7 Å². The molecule has 13 nitrogen and oxygen atoms in total. The summed E-state index contributed by atoms with van der Waals surface area (Å²) in [5.74, 6) is 0.643. The maximum Gasteiger partial charge on any atom is 0.332 e. The fourth-order valence-electron chi connectivity index (χ4n) is 11.0. The average Bonchev–Trinajstić information content (AvgIpc) is 3.87. The Balaban J connectivity index is 0.935. The molecule has 2 aliphatic heterocycles. The van der Waals surface area contributed by atoms with Gasteiger partial charge in [-0.25, -0.2) is 19.7 Å². The molecule has 1 unspecified atom stereocenters. The summed E-state index contributed by atoms with van der Waals surface area (Å²) >= 11 is 0. The van der Waals surface area contributed by atoms with Crippen molar-refractivity contribution in [3.8, 4) is 0 Å². The summed E-state index contributed by atoms with van der Waals surface area (Å²) in [4.78, 5) is 58.0. The first-order valence-electron chi connectivity index (χ1n) is 19.8. The number of piperidine rings is 1. The second kappa shape index (κ2) is 14.2. The summed E-state index contributed by atoms with van der Waals surface area (Å²) in [5.41, 5.74) is 6.31. The van der Waals surface area contributed by atoms with Crippen LogP contribution in [-0.2, 0) is 30.4 Å². The van der Waals surface area contributed by atoms with E-state index in [1.54, 1.807) is 12.7 Å². The lowest BCUT2D eigenvalue weighted by Crippen LogP contribution is -2.63. The molecule has 1 amide bonds. The van der Waals surface area contributed by atoms with Crippen LogP contribution in [0.2, 0.25) is 0 Å². The van der Waals surface area contributed by atoms with E-state index in [-0.39, 0.29) is 53.6 Å². The number of likely N-dealkylation sites (tertiary alicyclic amines) is 1. The quantitative estimate of drug-likeness (QED) is 0.361. The number of ketones is 1. The molecule has 9 atom stereocenters. The van der Waals surface area contributed by atoms with E-state index in [0.717, 1.165) is 56.5 Å². The average molecular weight is 722 g/mol. The van der Waals surface area contributed by atoms with Crippen molar-refractivity contribution >= 4 is 34.6 Å². The number of nitrogens with zero attached hydrogens (tertiary/aromatic N) is 6. The highest BCUT2D eigenvalue weighted by molar-refractivity contribution is 5.86. The lowest BCUT2D eigenvalue weighted by Gasteiger charge is -2.62. The number of aromatic nitrogens is 4. The van der Waals surface area contributed by atoms with Crippen molar-refractivity contribution in [2.45, 2.75) is 130 Å². The molecule has 3 N–H and O–H groups in total. The zero-order chi connectivity index (χ0) is 37.0. The zero-order valence-corrected chi connectivity index (χ0v) is 31.8. The number of hydrogen-bond acceptors (Lipinski definition) is 11. The predicted molar refractivity (Wildman–Crippen MR) is 195 cm³/mol. The third-order valence-corrected chi connectivity index (χ3v) is 14.7. The van der Waals surface area contributed by atoms with Crippen LogP contribution in [0.4, 0.5) is 5.82 Å². The van der Waals surface area contributed by atoms with E-state index in [1.165, 1.54) is 0 Å². The molecular weight excluding hydrogens is 662 g/mol. The van der Waals surface area contributed by atoms with Crippen molar-refractivity contribution < 1.29 is 29.0 Å². The van der Waals surface area contributed by atoms with Gasteiger partial charge in [0.15, 0.2) is 17.0 Å². The molecule has 5 fully saturated rings. The number of ether oxygens (including phenoxy) is 2. The van der Waals surface area contributed by atoms with Gasteiger partial charge < -0.3 is 34.7 Å². The number of imidazole rings is 1. The molecule has 13 heteroatoms. The summed E-state index contributed by atoms with van der Waals surface area (Å²) in [5, 5.41) is 11.8. The van der Waals surface area contributed by atoms with Gasteiger partial charge in [0.25, 0.3) is 0 Å². The Hall–Kier alpha value is -3.16. The van der Waals surface area contributed by atoms with Gasteiger partial charge in [-0.1, -0.05) is 34.6 Å². The maximum atomic E-state index is 13.7. The zero-order valence-electron chi connectivity index (χ0n) is 31.8. The van der Waals surface area contributed by atoms with Crippen molar-refractivity contribution in [1.29, 1.82) is 0 Å². The highest BCUT2D eigenvalue weighted by Gasteiger charge is 2.68. The Morgan fingerprint density at radius 1 is 1.06 bits per heavy atom. The second-order valence-corrected chi connectivity index (χ2v) is 17.3. The molecule has 0 spiro atoms. The molecule has 5 aliphatic rings. The van der Waals surface area contributed by atoms with Crippen LogP contribution < -0.4 is 10.6 Å². The van der Waals surface area contributed by atoms with Gasteiger partial charge in [0.05, 0.1) is 18.5 Å². The topological polar surface area (TPSA) is 166 Å². The number of anilines is 1. The van der Waals surface area contributed by atoms with E-state index in [9.17, 15) is 19.5 Å². The van der Waals surface area contributed by atoms with Crippen LogP contribution in [-0.4, -0.2) is 104 Å². The summed E-state index contributed by atoms with van der Waals surface area (Å²) < 4.78 is 14.4. The third kappa shape index (κ3) is 6.32. The lowest BCUT2D eigenvalue weighted by atomic mass is 9.43. The Morgan fingerprint density at radius 2 is 1.83 bits per heavy atom. The smallest absolute Gasteiger partial charge is 0.332 e. The number of amides is 1. The van der Waals surface area contributed by atoms with Crippen LogP contribution in [0.5, 0.6) is 0 Å². The Morgan fingerprint density at radius 3 is 2.54 bits per heavy atom. The fraction of sp³-hybridized carbons (Fsp3) is 0.795. The molecule has 52 heavy (non-hydrogen) atoms. The normalized spacial score (nSPS) is 36.9. The number of fused-ring (bicyclic) bond motifs is 1. The fourth-order valence-corrected chi connectivity index (χ4v) is 11.0. The summed E-state index contributed by atoms with van der Waals surface area (Å²) in [6.45, 7) is 13.7. The summed E-state index contributed by atoms with van der Waals surface area (Å²) in [6.07, 6.45) is 9.01. The Labute approximate surface area is 307 Å². The molecule has 2 aromatic heterocycles. The van der Waals surface area contributed by atoms with Crippen LogP contribution in [0.3, 0.4) is 0 Å². The van der Waals surface area contributed by atoms with E-state index in [2.05, 4.69) is 54.5 Å². The van der Waals surface area contributed by atoms with E-state index in [4.69, 9.17) is 15.2 Å².